The van der Waals surface area contributed by atoms with E-state index in [4.69, 9.17) is 4.52 Å². The first-order chi connectivity index (χ1) is 8.18. The van der Waals surface area contributed by atoms with Crippen LogP contribution in [0, 0.1) is 5.92 Å². The van der Waals surface area contributed by atoms with Crippen LogP contribution in [-0.2, 0) is 9.09 Å². The molecule has 0 amide bonds. The number of allylic oxidation sites excluding steroid dienone is 1. The van der Waals surface area contributed by atoms with Crippen LogP contribution in [0.2, 0.25) is 0 Å². The fourth-order valence-corrected chi connectivity index (χ4v) is 4.37. The highest BCUT2D eigenvalue weighted by Gasteiger charge is 2.33. The van der Waals surface area contributed by atoms with Crippen LogP contribution >= 0.6 is 7.60 Å². The summed E-state index contributed by atoms with van der Waals surface area (Å²) in [5.41, 5.74) is -0.108. The van der Waals surface area contributed by atoms with Gasteiger partial charge in [0.2, 0.25) is 0 Å². The van der Waals surface area contributed by atoms with Crippen molar-refractivity contribution < 1.29 is 14.0 Å². The third-order valence-electron chi connectivity index (χ3n) is 3.86. The molecule has 0 heterocycles. The minimum Gasteiger partial charge on any atom is -0.324 e. The fourth-order valence-electron chi connectivity index (χ4n) is 2.74. The summed E-state index contributed by atoms with van der Waals surface area (Å²) in [7, 11) is -3.37. The van der Waals surface area contributed by atoms with E-state index in [1.54, 1.807) is 0 Å². The van der Waals surface area contributed by atoms with E-state index in [2.05, 4.69) is 12.2 Å². The van der Waals surface area contributed by atoms with Crippen molar-refractivity contribution in [2.24, 2.45) is 5.92 Å². The van der Waals surface area contributed by atoms with Crippen LogP contribution in [0.15, 0.2) is 12.2 Å². The van der Waals surface area contributed by atoms with Crippen molar-refractivity contribution in [3.05, 3.63) is 12.2 Å². The molecule has 4 heteroatoms. The monoisotopic (exact) mass is 258 g/mol. The normalized spacial score (nSPS) is 30.1. The fraction of sp³-hybridized carbons (Fsp3) is 0.846. The highest BCUT2D eigenvalue weighted by Crippen LogP contribution is 2.53. The van der Waals surface area contributed by atoms with Gasteiger partial charge in [0, 0.05) is 5.92 Å². The topological polar surface area (TPSA) is 46.5 Å². The van der Waals surface area contributed by atoms with Gasteiger partial charge in [-0.2, -0.15) is 0 Å². The molecule has 2 unspecified atom stereocenters. The first kappa shape index (κ1) is 13.3. The van der Waals surface area contributed by atoms with Crippen LogP contribution in [0.1, 0.15) is 51.4 Å². The summed E-state index contributed by atoms with van der Waals surface area (Å²) in [5.74, 6) is 0.341. The minimum absolute atomic E-state index is 0.108. The molecular formula is C13H23O3P. The second kappa shape index (κ2) is 6.17. The van der Waals surface area contributed by atoms with Gasteiger partial charge in [-0.3, -0.25) is 4.57 Å². The zero-order chi connectivity index (χ0) is 12.1. The zero-order valence-electron chi connectivity index (χ0n) is 10.4. The van der Waals surface area contributed by atoms with Crippen LogP contribution in [-0.4, -0.2) is 17.2 Å². The Morgan fingerprint density at radius 2 is 1.94 bits per heavy atom. The summed E-state index contributed by atoms with van der Waals surface area (Å²) < 4.78 is 17.5. The molecule has 0 aromatic heterocycles. The molecule has 2 aliphatic carbocycles. The van der Waals surface area contributed by atoms with Gasteiger partial charge in [-0.15, -0.1) is 0 Å². The Morgan fingerprint density at radius 3 is 2.59 bits per heavy atom. The van der Waals surface area contributed by atoms with Crippen LogP contribution in [0.3, 0.4) is 0 Å². The average molecular weight is 258 g/mol. The molecule has 98 valence electrons. The second-order valence-corrected chi connectivity index (χ2v) is 7.39. The Hall–Kier alpha value is -0.110. The molecule has 0 bridgehead atoms. The van der Waals surface area contributed by atoms with E-state index >= 15 is 0 Å². The van der Waals surface area contributed by atoms with E-state index in [1.165, 1.54) is 12.8 Å². The quantitative estimate of drug-likeness (QED) is 0.615. The van der Waals surface area contributed by atoms with E-state index in [0.717, 1.165) is 38.5 Å². The molecule has 1 fully saturated rings. The van der Waals surface area contributed by atoms with E-state index in [-0.39, 0.29) is 5.66 Å². The molecule has 0 spiro atoms. The molecule has 3 nitrogen and oxygen atoms in total. The van der Waals surface area contributed by atoms with Crippen molar-refractivity contribution in [3.8, 4) is 0 Å². The standard InChI is InChI=1S/C13H23O3P/c14-17(15,13-9-5-2-6-10-13)16-11-12-7-3-1-4-8-12/h3,7,12-13H,1-2,4-6,8-11H2,(H,14,15). The SMILES string of the molecule is O=P(O)(OCC1C=CCCC1)C1CCCCC1. The van der Waals surface area contributed by atoms with Crippen LogP contribution in [0.4, 0.5) is 0 Å². The maximum atomic E-state index is 12.1. The molecule has 2 aliphatic rings. The van der Waals surface area contributed by atoms with Gasteiger partial charge in [0.15, 0.2) is 0 Å². The molecular weight excluding hydrogens is 235 g/mol. The van der Waals surface area contributed by atoms with E-state index < -0.39 is 7.60 Å². The Bertz CT molecular complexity index is 308. The Labute approximate surface area is 104 Å². The maximum Gasteiger partial charge on any atom is 0.331 e. The second-order valence-electron chi connectivity index (χ2n) is 5.27. The minimum atomic E-state index is -3.37. The lowest BCUT2D eigenvalue weighted by molar-refractivity contribution is 0.213. The van der Waals surface area contributed by atoms with Crippen molar-refractivity contribution in [1.82, 2.24) is 0 Å². The summed E-state index contributed by atoms with van der Waals surface area (Å²) in [5, 5.41) is 0. The largest absolute Gasteiger partial charge is 0.331 e. The van der Waals surface area contributed by atoms with Gasteiger partial charge in [-0.05, 0) is 32.1 Å². The first-order valence-corrected chi connectivity index (χ1v) is 8.47. The molecule has 2 atom stereocenters. The van der Waals surface area contributed by atoms with Crippen LogP contribution in [0.25, 0.3) is 0 Å². The smallest absolute Gasteiger partial charge is 0.324 e. The molecule has 2 rings (SSSR count). The van der Waals surface area contributed by atoms with Crippen LogP contribution < -0.4 is 0 Å². The highest BCUT2D eigenvalue weighted by atomic mass is 31.2. The van der Waals surface area contributed by atoms with Gasteiger partial charge in [0.25, 0.3) is 0 Å². The number of hydrogen-bond acceptors (Lipinski definition) is 2. The molecule has 0 saturated heterocycles. The van der Waals surface area contributed by atoms with Gasteiger partial charge < -0.3 is 9.42 Å². The van der Waals surface area contributed by atoms with E-state index in [0.29, 0.717) is 12.5 Å². The lowest BCUT2D eigenvalue weighted by Gasteiger charge is -2.27. The van der Waals surface area contributed by atoms with Gasteiger partial charge in [0.1, 0.15) is 0 Å². The predicted molar refractivity (Wildman–Crippen MR) is 69.1 cm³/mol. The van der Waals surface area contributed by atoms with Crippen LogP contribution in [0.5, 0.6) is 0 Å². The number of hydrogen-bond donors (Lipinski definition) is 1. The molecule has 0 aliphatic heterocycles. The summed E-state index contributed by atoms with van der Waals surface area (Å²) >= 11 is 0. The molecule has 1 saturated carbocycles. The maximum absolute atomic E-state index is 12.1. The van der Waals surface area contributed by atoms with E-state index in [9.17, 15) is 9.46 Å². The highest BCUT2D eigenvalue weighted by molar-refractivity contribution is 7.53. The molecule has 0 aromatic carbocycles. The van der Waals surface area contributed by atoms with Crippen molar-refractivity contribution >= 4 is 7.60 Å². The van der Waals surface area contributed by atoms with Gasteiger partial charge in [0.05, 0.1) is 12.3 Å². The lowest BCUT2D eigenvalue weighted by atomic mass is 9.97. The molecule has 17 heavy (non-hydrogen) atoms. The van der Waals surface area contributed by atoms with Crippen molar-refractivity contribution in [1.29, 1.82) is 0 Å². The van der Waals surface area contributed by atoms with Crippen molar-refractivity contribution in [3.63, 3.8) is 0 Å². The van der Waals surface area contributed by atoms with Crippen molar-refractivity contribution in [2.75, 3.05) is 6.61 Å². The molecule has 1 N–H and O–H groups in total. The average Bonchev–Trinajstić information content (AvgIpc) is 2.39. The van der Waals surface area contributed by atoms with Gasteiger partial charge in [-0.1, -0.05) is 31.4 Å². The van der Waals surface area contributed by atoms with Gasteiger partial charge in [-0.25, -0.2) is 0 Å². The van der Waals surface area contributed by atoms with Crippen molar-refractivity contribution in [2.45, 2.75) is 57.0 Å². The summed E-state index contributed by atoms with van der Waals surface area (Å²) in [6, 6.07) is 0. The molecule has 0 aromatic rings. The Morgan fingerprint density at radius 1 is 1.18 bits per heavy atom. The first-order valence-electron chi connectivity index (χ1n) is 6.82. The lowest BCUT2D eigenvalue weighted by Crippen LogP contribution is -2.17. The molecule has 0 radical (unpaired) electrons. The summed E-state index contributed by atoms with van der Waals surface area (Å²) in [6.45, 7) is 0.417. The van der Waals surface area contributed by atoms with Gasteiger partial charge >= 0.3 is 7.60 Å². The predicted octanol–water partition coefficient (Wildman–Crippen LogP) is 3.88. The zero-order valence-corrected chi connectivity index (χ0v) is 11.3. The third-order valence-corrected chi connectivity index (χ3v) is 5.82. The third kappa shape index (κ3) is 3.94. The Kier molecular flexibility index (Phi) is 4.84. The van der Waals surface area contributed by atoms with E-state index in [1.807, 2.05) is 0 Å². The Balaban J connectivity index is 1.81. The summed E-state index contributed by atoms with van der Waals surface area (Å²) in [4.78, 5) is 9.98. The summed E-state index contributed by atoms with van der Waals surface area (Å²) in [6.07, 6.45) is 12.7. The number of rotatable bonds is 4.